The number of ether oxygens (including phenoxy) is 3. The third kappa shape index (κ3) is 5.85. The van der Waals surface area contributed by atoms with E-state index in [1.807, 2.05) is 0 Å². The average Bonchev–Trinajstić information content (AvgIpc) is 2.72. The Morgan fingerprint density at radius 1 is 1.10 bits per heavy atom. The van der Waals surface area contributed by atoms with E-state index in [1.165, 1.54) is 27.6 Å². The topological polar surface area (TPSA) is 66.4 Å². The van der Waals surface area contributed by atoms with E-state index in [-0.39, 0.29) is 24.5 Å². The number of hydrogen-bond acceptors (Lipinski definition) is 6. The minimum Gasteiger partial charge on any atom is -0.503 e. The molecule has 0 amide bonds. The molecule has 0 heterocycles. The van der Waals surface area contributed by atoms with E-state index in [0.717, 1.165) is 5.56 Å². The summed E-state index contributed by atoms with van der Waals surface area (Å²) in [6.07, 6.45) is 1.24. The molecule has 31 heavy (non-hydrogen) atoms. The molecule has 0 saturated heterocycles. The Morgan fingerprint density at radius 3 is 2.35 bits per heavy atom. The number of rotatable bonds is 9. The van der Waals surface area contributed by atoms with Gasteiger partial charge in [0.1, 0.15) is 35.3 Å². The molecule has 0 aliphatic heterocycles. The summed E-state index contributed by atoms with van der Waals surface area (Å²) in [6.45, 7) is 1.37. The smallest absolute Gasteiger partial charge is 0.341 e. The Bertz CT molecular complexity index is 982. The molecule has 0 saturated carbocycles. The quantitative estimate of drug-likeness (QED) is 0.194. The Labute approximate surface area is 177 Å². The van der Waals surface area contributed by atoms with Gasteiger partial charge in [0.05, 0.1) is 32.7 Å². The van der Waals surface area contributed by atoms with Crippen LogP contribution in [0.15, 0.2) is 41.7 Å². The van der Waals surface area contributed by atoms with Crippen LogP contribution in [-0.4, -0.2) is 39.6 Å². The molecule has 2 aromatic rings. The number of nitrogens with zero attached hydrogens (tertiary/aromatic N) is 1. The Morgan fingerprint density at radius 2 is 1.77 bits per heavy atom. The second-order valence-corrected chi connectivity index (χ2v) is 6.35. The number of esters is 1. The van der Waals surface area contributed by atoms with Gasteiger partial charge in [0.25, 0.3) is 0 Å². The summed E-state index contributed by atoms with van der Waals surface area (Å²) in [5, 5.41) is 3.81. The van der Waals surface area contributed by atoms with Crippen LogP contribution in [0, 0.1) is 24.4 Å². The Kier molecular flexibility index (Phi) is 8.63. The fourth-order valence-corrected chi connectivity index (χ4v) is 2.87. The number of halogens is 3. The van der Waals surface area contributed by atoms with Crippen molar-refractivity contribution in [2.45, 2.75) is 13.5 Å². The normalized spacial score (nSPS) is 12.0. The number of oxime groups is 1. The van der Waals surface area contributed by atoms with Crippen LogP contribution in [0.4, 0.5) is 13.2 Å². The van der Waals surface area contributed by atoms with Crippen LogP contribution < -0.4 is 0 Å². The predicted octanol–water partition coefficient (Wildman–Crippen LogP) is 4.14. The lowest BCUT2D eigenvalue weighted by Gasteiger charge is -2.14. The van der Waals surface area contributed by atoms with E-state index in [0.29, 0.717) is 23.3 Å². The van der Waals surface area contributed by atoms with Crippen molar-refractivity contribution < 1.29 is 37.0 Å². The first kappa shape index (κ1) is 23.9. The van der Waals surface area contributed by atoms with Crippen molar-refractivity contribution in [2.75, 3.05) is 27.9 Å². The van der Waals surface area contributed by atoms with Crippen LogP contribution in [0.2, 0.25) is 0 Å². The molecule has 9 heteroatoms. The molecule has 0 bridgehead atoms. The number of aryl methyl sites for hydroxylation is 1. The van der Waals surface area contributed by atoms with Gasteiger partial charge in [-0.15, -0.1) is 0 Å². The van der Waals surface area contributed by atoms with Crippen LogP contribution in [0.25, 0.3) is 5.57 Å². The van der Waals surface area contributed by atoms with Gasteiger partial charge in [-0.05, 0) is 18.1 Å². The fraction of sp³-hybridized carbons (Fsp3) is 0.273. The van der Waals surface area contributed by atoms with Crippen LogP contribution in [0.3, 0.4) is 0 Å². The third-order valence-corrected chi connectivity index (χ3v) is 4.30. The molecule has 0 atom stereocenters. The van der Waals surface area contributed by atoms with Gasteiger partial charge >= 0.3 is 5.97 Å². The van der Waals surface area contributed by atoms with Crippen molar-refractivity contribution in [3.8, 4) is 0 Å². The largest absolute Gasteiger partial charge is 0.503 e. The van der Waals surface area contributed by atoms with E-state index in [9.17, 15) is 18.0 Å². The highest BCUT2D eigenvalue weighted by atomic mass is 19.1. The zero-order valence-corrected chi connectivity index (χ0v) is 17.5. The third-order valence-electron chi connectivity index (χ3n) is 4.30. The lowest BCUT2D eigenvalue weighted by molar-refractivity contribution is -0.133. The molecule has 0 N–H and O–H groups in total. The molecular formula is C22H22F3NO5. The molecule has 2 rings (SSSR count). The van der Waals surface area contributed by atoms with Crippen LogP contribution in [0.1, 0.15) is 22.3 Å². The second kappa shape index (κ2) is 11.2. The summed E-state index contributed by atoms with van der Waals surface area (Å²) in [4.78, 5) is 17.5. The van der Waals surface area contributed by atoms with Gasteiger partial charge < -0.3 is 19.0 Å². The number of hydrogen-bond donors (Lipinski definition) is 0. The first-order valence-corrected chi connectivity index (χ1v) is 9.06. The average molecular weight is 437 g/mol. The summed E-state index contributed by atoms with van der Waals surface area (Å²) in [5.41, 5.74) is 1.24. The van der Waals surface area contributed by atoms with Crippen LogP contribution in [0.5, 0.6) is 0 Å². The summed E-state index contributed by atoms with van der Waals surface area (Å²) in [5.74, 6) is -3.94. The van der Waals surface area contributed by atoms with Gasteiger partial charge in [-0.3, -0.25) is 0 Å². The highest BCUT2D eigenvalue weighted by molar-refractivity contribution is 6.16. The number of carbonyl (C=O) groups is 1. The molecule has 0 aliphatic rings. The van der Waals surface area contributed by atoms with E-state index < -0.39 is 29.0 Å². The Balaban J connectivity index is 2.40. The minimum atomic E-state index is -1.13. The zero-order valence-electron chi connectivity index (χ0n) is 17.5. The molecule has 6 nitrogen and oxygen atoms in total. The maximum atomic E-state index is 14.1. The first-order chi connectivity index (χ1) is 14.8. The van der Waals surface area contributed by atoms with E-state index >= 15 is 0 Å². The highest BCUT2D eigenvalue weighted by Crippen LogP contribution is 2.25. The van der Waals surface area contributed by atoms with Crippen LogP contribution >= 0.6 is 0 Å². The van der Waals surface area contributed by atoms with Crippen molar-refractivity contribution in [3.63, 3.8) is 0 Å². The minimum absolute atomic E-state index is 0.141. The summed E-state index contributed by atoms with van der Waals surface area (Å²) >= 11 is 0. The molecule has 0 aromatic heterocycles. The maximum absolute atomic E-state index is 14.1. The molecule has 0 spiro atoms. The van der Waals surface area contributed by atoms with Crippen LogP contribution in [-0.2, 0) is 30.4 Å². The van der Waals surface area contributed by atoms with Crippen molar-refractivity contribution in [1.29, 1.82) is 0 Å². The van der Waals surface area contributed by atoms with Gasteiger partial charge in [-0.2, -0.15) is 0 Å². The molecular weight excluding hydrogens is 415 g/mol. The summed E-state index contributed by atoms with van der Waals surface area (Å²) < 4.78 is 56.2. The monoisotopic (exact) mass is 437 g/mol. The van der Waals surface area contributed by atoms with Gasteiger partial charge in [0.15, 0.2) is 0 Å². The first-order valence-electron chi connectivity index (χ1n) is 9.06. The van der Waals surface area contributed by atoms with Crippen molar-refractivity contribution >= 4 is 17.3 Å². The highest BCUT2D eigenvalue weighted by Gasteiger charge is 2.20. The molecule has 0 fully saturated rings. The van der Waals surface area contributed by atoms with Gasteiger partial charge in [-0.1, -0.05) is 23.4 Å². The van der Waals surface area contributed by atoms with Gasteiger partial charge in [0, 0.05) is 24.8 Å². The van der Waals surface area contributed by atoms with Crippen molar-refractivity contribution in [3.05, 3.63) is 76.3 Å². The SMILES string of the molecule is CO/C=C(/C(=O)OC)c1cccc(C)c1CO/N=C(\COC)c1c(F)cc(F)cc1F. The number of carbonyl (C=O) groups excluding carboxylic acids is 1. The molecule has 0 radical (unpaired) electrons. The van der Waals surface area contributed by atoms with Gasteiger partial charge in [-0.25, -0.2) is 18.0 Å². The van der Waals surface area contributed by atoms with Crippen molar-refractivity contribution in [2.24, 2.45) is 5.16 Å². The molecule has 0 aliphatic carbocycles. The summed E-state index contributed by atoms with van der Waals surface area (Å²) in [7, 11) is 3.94. The van der Waals surface area contributed by atoms with E-state index in [4.69, 9.17) is 19.0 Å². The molecule has 166 valence electrons. The second-order valence-electron chi connectivity index (χ2n) is 6.35. The van der Waals surface area contributed by atoms with E-state index in [2.05, 4.69) is 5.16 Å². The zero-order chi connectivity index (χ0) is 23.0. The summed E-state index contributed by atoms with van der Waals surface area (Å²) in [6, 6.07) is 6.29. The lowest BCUT2D eigenvalue weighted by Crippen LogP contribution is -2.15. The van der Waals surface area contributed by atoms with Gasteiger partial charge in [0.2, 0.25) is 0 Å². The predicted molar refractivity (Wildman–Crippen MR) is 108 cm³/mol. The molecule has 0 unspecified atom stereocenters. The maximum Gasteiger partial charge on any atom is 0.341 e. The van der Waals surface area contributed by atoms with Crippen molar-refractivity contribution in [1.82, 2.24) is 0 Å². The van der Waals surface area contributed by atoms with E-state index in [1.54, 1.807) is 25.1 Å². The number of methoxy groups -OCH3 is 3. The number of benzene rings is 2. The Hall–Kier alpha value is -3.33. The fourth-order valence-electron chi connectivity index (χ4n) is 2.87. The molecule has 2 aromatic carbocycles. The lowest BCUT2D eigenvalue weighted by atomic mass is 9.97. The standard InChI is InChI=1S/C22H22F3NO5/c1-13-6-5-7-15(17(10-28-2)22(27)30-4)16(13)11-31-26-20(12-29-3)21-18(24)8-14(23)9-19(21)25/h5-10H,11-12H2,1-4H3/b17-10+,26-20+.